The maximum absolute atomic E-state index is 12.5. The summed E-state index contributed by atoms with van der Waals surface area (Å²) in [6, 6.07) is 8.68. The first kappa shape index (κ1) is 12.7. The van der Waals surface area contributed by atoms with Gasteiger partial charge in [-0.2, -0.15) is 0 Å². The molecule has 1 aliphatic rings. The molecule has 1 amide bonds. The third kappa shape index (κ3) is 2.16. The number of carbonyl (C=O) groups excluding carboxylic acids is 1. The minimum atomic E-state index is -0.406. The van der Waals surface area contributed by atoms with E-state index in [0.717, 1.165) is 5.56 Å². The molecule has 0 spiro atoms. The minimum Gasteiger partial charge on any atom is -0.491 e. The predicted octanol–water partition coefficient (Wildman–Crippen LogP) is 1.85. The number of carbonyl (C=O) groups is 1. The summed E-state index contributed by atoms with van der Waals surface area (Å²) >= 11 is 0. The van der Waals surface area contributed by atoms with Gasteiger partial charge in [0.15, 0.2) is 0 Å². The van der Waals surface area contributed by atoms with Crippen LogP contribution in [0.2, 0.25) is 0 Å². The number of fused-ring (bicyclic) bond motifs is 1. The Morgan fingerprint density at radius 2 is 2.20 bits per heavy atom. The number of hydrogen-bond acceptors (Lipinski definition) is 4. The van der Waals surface area contributed by atoms with Crippen LogP contribution in [-0.2, 0) is 0 Å². The molecule has 0 saturated carbocycles. The molecule has 1 N–H and O–H groups in total. The maximum atomic E-state index is 12.5. The van der Waals surface area contributed by atoms with E-state index in [2.05, 4.69) is 0 Å². The molecule has 1 aromatic heterocycles. The van der Waals surface area contributed by atoms with Crippen LogP contribution in [0, 0.1) is 0 Å². The van der Waals surface area contributed by atoms with Crippen LogP contribution in [0.3, 0.4) is 0 Å². The number of amides is 1. The van der Waals surface area contributed by atoms with Crippen molar-refractivity contribution < 1.29 is 19.1 Å². The second kappa shape index (κ2) is 5.38. The van der Waals surface area contributed by atoms with E-state index in [0.29, 0.717) is 24.5 Å². The molecule has 20 heavy (non-hydrogen) atoms. The van der Waals surface area contributed by atoms with E-state index in [1.807, 2.05) is 24.3 Å². The number of aliphatic hydroxyl groups is 1. The number of aliphatic hydroxyl groups excluding tert-OH is 1. The summed E-state index contributed by atoms with van der Waals surface area (Å²) in [6.45, 7) is 0.672. The maximum Gasteiger partial charge on any atom is 0.257 e. The van der Waals surface area contributed by atoms with Crippen LogP contribution < -0.4 is 4.74 Å². The van der Waals surface area contributed by atoms with Crippen LogP contribution in [-0.4, -0.2) is 35.7 Å². The van der Waals surface area contributed by atoms with Crippen molar-refractivity contribution in [3.05, 3.63) is 54.0 Å². The van der Waals surface area contributed by atoms with Gasteiger partial charge in [0.1, 0.15) is 18.6 Å². The van der Waals surface area contributed by atoms with E-state index < -0.39 is 6.04 Å². The zero-order valence-corrected chi connectivity index (χ0v) is 10.9. The van der Waals surface area contributed by atoms with E-state index in [-0.39, 0.29) is 12.5 Å². The first-order valence-corrected chi connectivity index (χ1v) is 6.47. The molecule has 2 aromatic rings. The van der Waals surface area contributed by atoms with Gasteiger partial charge in [-0.25, -0.2) is 0 Å². The summed E-state index contributed by atoms with van der Waals surface area (Å²) in [5, 5.41) is 9.71. The van der Waals surface area contributed by atoms with Gasteiger partial charge in [0, 0.05) is 5.56 Å². The van der Waals surface area contributed by atoms with Gasteiger partial charge in [0.25, 0.3) is 5.91 Å². The van der Waals surface area contributed by atoms with Crippen molar-refractivity contribution in [1.82, 2.24) is 4.90 Å². The average molecular weight is 273 g/mol. The summed E-state index contributed by atoms with van der Waals surface area (Å²) in [6.07, 6.45) is 2.87. The molecule has 2 heterocycles. The summed E-state index contributed by atoms with van der Waals surface area (Å²) < 4.78 is 10.6. The Morgan fingerprint density at radius 3 is 2.95 bits per heavy atom. The highest BCUT2D eigenvalue weighted by Gasteiger charge is 2.30. The Morgan fingerprint density at radius 1 is 1.35 bits per heavy atom. The molecule has 0 saturated heterocycles. The summed E-state index contributed by atoms with van der Waals surface area (Å²) in [4.78, 5) is 14.1. The lowest BCUT2D eigenvalue weighted by Gasteiger charge is -2.28. The molecule has 3 rings (SSSR count). The molecule has 0 bridgehead atoms. The van der Waals surface area contributed by atoms with Gasteiger partial charge in [-0.05, 0) is 12.1 Å². The molecule has 0 aliphatic carbocycles. The molecule has 0 radical (unpaired) electrons. The lowest BCUT2D eigenvalue weighted by Crippen LogP contribution is -2.37. The van der Waals surface area contributed by atoms with Crippen molar-refractivity contribution in [3.63, 3.8) is 0 Å². The van der Waals surface area contributed by atoms with Crippen molar-refractivity contribution in [2.24, 2.45) is 0 Å². The Kier molecular flexibility index (Phi) is 3.43. The third-order valence-electron chi connectivity index (χ3n) is 3.45. The van der Waals surface area contributed by atoms with E-state index >= 15 is 0 Å². The highest BCUT2D eigenvalue weighted by molar-refractivity contribution is 5.94. The molecular formula is C15H15NO4. The monoisotopic (exact) mass is 273 g/mol. The first-order valence-electron chi connectivity index (χ1n) is 6.47. The van der Waals surface area contributed by atoms with E-state index in [1.54, 1.807) is 11.0 Å². The van der Waals surface area contributed by atoms with Crippen molar-refractivity contribution >= 4 is 5.91 Å². The smallest absolute Gasteiger partial charge is 0.257 e. The number of para-hydroxylation sites is 1. The average Bonchev–Trinajstić information content (AvgIpc) is 2.94. The molecule has 1 unspecified atom stereocenters. The van der Waals surface area contributed by atoms with Crippen LogP contribution in [0.5, 0.6) is 5.75 Å². The minimum absolute atomic E-state index is 0.149. The number of furan rings is 1. The number of rotatable bonds is 2. The highest BCUT2D eigenvalue weighted by atomic mass is 16.5. The Balaban J connectivity index is 1.97. The van der Waals surface area contributed by atoms with Crippen LogP contribution in [0.15, 0.2) is 47.3 Å². The third-order valence-corrected chi connectivity index (χ3v) is 3.45. The molecule has 1 aliphatic heterocycles. The molecule has 1 atom stereocenters. The first-order chi connectivity index (χ1) is 9.81. The fourth-order valence-electron chi connectivity index (χ4n) is 2.46. The molecular weight excluding hydrogens is 258 g/mol. The van der Waals surface area contributed by atoms with E-state index in [1.165, 1.54) is 12.5 Å². The molecule has 5 nitrogen and oxygen atoms in total. The van der Waals surface area contributed by atoms with Gasteiger partial charge in [-0.15, -0.1) is 0 Å². The van der Waals surface area contributed by atoms with Gasteiger partial charge in [-0.1, -0.05) is 18.2 Å². The Bertz CT molecular complexity index is 594. The fourth-order valence-corrected chi connectivity index (χ4v) is 2.46. The molecule has 1 aromatic carbocycles. The van der Waals surface area contributed by atoms with E-state index in [4.69, 9.17) is 9.15 Å². The van der Waals surface area contributed by atoms with Gasteiger partial charge in [0.2, 0.25) is 0 Å². The van der Waals surface area contributed by atoms with Crippen LogP contribution >= 0.6 is 0 Å². The SMILES string of the molecule is O=C(c1ccoc1)N1CCOc2ccccc2C1CO. The molecule has 5 heteroatoms. The quantitative estimate of drug-likeness (QED) is 0.907. The Hall–Kier alpha value is -2.27. The largest absolute Gasteiger partial charge is 0.491 e. The summed E-state index contributed by atoms with van der Waals surface area (Å²) in [5.41, 5.74) is 1.30. The summed E-state index contributed by atoms with van der Waals surface area (Å²) in [7, 11) is 0. The molecule has 0 fully saturated rings. The van der Waals surface area contributed by atoms with Crippen LogP contribution in [0.4, 0.5) is 0 Å². The molecule has 104 valence electrons. The summed E-state index contributed by atoms with van der Waals surface area (Å²) in [5.74, 6) is 0.548. The second-order valence-corrected chi connectivity index (χ2v) is 4.60. The number of ether oxygens (including phenoxy) is 1. The Labute approximate surface area is 116 Å². The standard InChI is InChI=1S/C15H15NO4/c17-9-13-12-3-1-2-4-14(12)20-8-6-16(13)15(18)11-5-7-19-10-11/h1-5,7,10,13,17H,6,8-9H2. The van der Waals surface area contributed by atoms with Crippen LogP contribution in [0.25, 0.3) is 0 Å². The lowest BCUT2D eigenvalue weighted by molar-refractivity contribution is 0.0584. The number of hydrogen-bond donors (Lipinski definition) is 1. The highest BCUT2D eigenvalue weighted by Crippen LogP contribution is 2.32. The number of benzene rings is 1. The van der Waals surface area contributed by atoms with Crippen molar-refractivity contribution in [2.45, 2.75) is 6.04 Å². The van der Waals surface area contributed by atoms with Gasteiger partial charge >= 0.3 is 0 Å². The van der Waals surface area contributed by atoms with E-state index in [9.17, 15) is 9.90 Å². The van der Waals surface area contributed by atoms with Gasteiger partial charge in [-0.3, -0.25) is 4.79 Å². The van der Waals surface area contributed by atoms with Gasteiger partial charge < -0.3 is 19.2 Å². The van der Waals surface area contributed by atoms with Crippen molar-refractivity contribution in [2.75, 3.05) is 19.8 Å². The fraction of sp³-hybridized carbons (Fsp3) is 0.267. The lowest BCUT2D eigenvalue weighted by atomic mass is 10.0. The van der Waals surface area contributed by atoms with Crippen molar-refractivity contribution in [1.29, 1.82) is 0 Å². The normalized spacial score (nSPS) is 18.1. The zero-order chi connectivity index (χ0) is 13.9. The number of nitrogens with zero attached hydrogens (tertiary/aromatic N) is 1. The van der Waals surface area contributed by atoms with Gasteiger partial charge in [0.05, 0.1) is 31.0 Å². The second-order valence-electron chi connectivity index (χ2n) is 4.60. The van der Waals surface area contributed by atoms with Crippen molar-refractivity contribution in [3.8, 4) is 5.75 Å². The zero-order valence-electron chi connectivity index (χ0n) is 10.9. The predicted molar refractivity (Wildman–Crippen MR) is 71.5 cm³/mol. The topological polar surface area (TPSA) is 62.9 Å². The van der Waals surface area contributed by atoms with Crippen LogP contribution in [0.1, 0.15) is 22.0 Å².